The quantitative estimate of drug-likeness (QED) is 0.0597. The molecule has 478 valence electrons. The maximum absolute atomic E-state index is 13.0. The van der Waals surface area contributed by atoms with Crippen LogP contribution in [0.1, 0.15) is 206 Å². The number of aromatic nitrogens is 4. The van der Waals surface area contributed by atoms with E-state index in [4.69, 9.17) is 19.4 Å². The Morgan fingerprint density at radius 2 is 0.964 bits per heavy atom. The first-order chi connectivity index (χ1) is 38.1. The predicted octanol–water partition coefficient (Wildman–Crippen LogP) is 16.2. The Morgan fingerprint density at radius 1 is 0.631 bits per heavy atom. The number of rotatable bonds is 17. The van der Waals surface area contributed by atoms with Gasteiger partial charge in [-0.2, -0.15) is 0 Å². The number of fused-ring (bicyclic) bond motifs is 2. The first kappa shape index (κ1) is 74.9. The number of hydrogen-bond acceptors (Lipinski definition) is 12. The summed E-state index contributed by atoms with van der Waals surface area (Å²) < 4.78 is 68.5. The molecular weight excluding hydrogens is 1250 g/mol. The molecule has 0 aliphatic heterocycles. The number of sulfonamides is 2. The van der Waals surface area contributed by atoms with Crippen LogP contribution in [0.2, 0.25) is 33.2 Å². The van der Waals surface area contributed by atoms with E-state index in [1.165, 1.54) is 34.3 Å². The number of hydrogen-bond donors (Lipinski definition) is 1. The van der Waals surface area contributed by atoms with Crippen LogP contribution >= 0.6 is 22.6 Å². The Balaban J connectivity index is 0.000000362. The lowest BCUT2D eigenvalue weighted by Crippen LogP contribution is -2.51. The van der Waals surface area contributed by atoms with E-state index in [0.29, 0.717) is 63.2 Å². The van der Waals surface area contributed by atoms with Crippen LogP contribution < -0.4 is 0 Å². The second-order valence-electron chi connectivity index (χ2n) is 27.8. The highest BCUT2D eigenvalue weighted by Crippen LogP contribution is 2.47. The van der Waals surface area contributed by atoms with Gasteiger partial charge in [0.1, 0.15) is 28.8 Å². The first-order valence-electron chi connectivity index (χ1n) is 30.3. The van der Waals surface area contributed by atoms with Crippen LogP contribution in [0.3, 0.4) is 0 Å². The molecule has 6 rings (SSSR count). The molecule has 4 heterocycles. The third-order valence-electron chi connectivity index (χ3n) is 17.9. The van der Waals surface area contributed by atoms with Gasteiger partial charge in [-0.05, 0) is 222 Å². The fourth-order valence-corrected chi connectivity index (χ4v) is 30.6. The van der Waals surface area contributed by atoms with Gasteiger partial charge in [-0.3, -0.25) is 0 Å². The second-order valence-corrected chi connectivity index (χ2v) is 44.4. The molecule has 1 unspecified atom stereocenters. The molecule has 16 nitrogen and oxygen atoms in total. The topological polar surface area (TPSA) is 200 Å². The SMILES string of the molecule is C.CN(C(=O)OC(C)(C)C)S(=O)(=O)CC1CCC(C=O)CC1.Cc1cnc2c(ccn2[Si](C(C)C)(C(C)C)C(C)C)c1C(O)C1CCC(CS(=O)(=O)N(C)C(=O)OC(C)(C)C)CC1.Cc1cnc2c(ccn2[Si](C(C)C)(C(C)C)C(C)C)c1I. The van der Waals surface area contributed by atoms with Crippen molar-refractivity contribution < 1.29 is 45.8 Å². The summed E-state index contributed by atoms with van der Waals surface area (Å²) >= 11 is 2.46. The Hall–Kier alpha value is -3.39. The highest BCUT2D eigenvalue weighted by molar-refractivity contribution is 14.1. The lowest BCUT2D eigenvalue weighted by atomic mass is 9.77. The van der Waals surface area contributed by atoms with Crippen molar-refractivity contribution in [3.8, 4) is 0 Å². The van der Waals surface area contributed by atoms with Crippen molar-refractivity contribution in [2.75, 3.05) is 25.6 Å². The molecule has 1 N–H and O–H groups in total. The average Bonchev–Trinajstić information content (AvgIpc) is 2.24. The maximum atomic E-state index is 13.0. The standard InChI is InChI=1S/C31H53N3O5SSi.C17H27IN2Si.C14H25NO5S.CH4/c1-20(2)41(21(3)4,22(5)6)34-17-16-26-27(23(7)18-32-29(26)34)28(35)25-14-12-24(13-15-25)19-40(37,38)33(11)30(36)39-31(8,9)10;1-11(2)21(12(3)4,13(5)6)20-9-8-15-16(18)14(7)10-19-17(15)20;1-14(2,3)20-13(17)15(4)21(18,19)10-12-7-5-11(9-16)6-8-12;/h16-18,20-22,24-25,28,35H,12-15,19H2,1-11H3;8-13H,1-7H3;9,11-12H,5-8,10H2,1-4H3;1H4. The summed E-state index contributed by atoms with van der Waals surface area (Å²) in [6.07, 6.45) is 12.7. The Labute approximate surface area is 523 Å². The smallest absolute Gasteiger partial charge is 0.423 e. The van der Waals surface area contributed by atoms with Crippen molar-refractivity contribution in [1.82, 2.24) is 27.0 Å². The van der Waals surface area contributed by atoms with Crippen LogP contribution in [-0.2, 0) is 34.3 Å². The van der Waals surface area contributed by atoms with E-state index in [0.717, 1.165) is 58.4 Å². The van der Waals surface area contributed by atoms with E-state index in [1.807, 2.05) is 19.3 Å². The summed E-state index contributed by atoms with van der Waals surface area (Å²) in [5, 5.41) is 14.1. The second kappa shape index (κ2) is 29.7. The van der Waals surface area contributed by atoms with Crippen LogP contribution in [0.5, 0.6) is 0 Å². The first-order valence-corrected chi connectivity index (χ1v) is 38.9. The average molecular weight is 1360 g/mol. The van der Waals surface area contributed by atoms with E-state index in [-0.39, 0.29) is 42.6 Å². The third kappa shape index (κ3) is 17.1. The summed E-state index contributed by atoms with van der Waals surface area (Å²) in [6.45, 7) is 42.8. The van der Waals surface area contributed by atoms with Crippen LogP contribution in [-0.4, -0.2) is 121 Å². The van der Waals surface area contributed by atoms with Gasteiger partial charge in [-0.15, -0.1) is 0 Å². The van der Waals surface area contributed by atoms with Gasteiger partial charge in [0.2, 0.25) is 20.0 Å². The molecule has 0 radical (unpaired) electrons. The fraction of sp³-hybridized carbons (Fsp3) is 0.730. The molecule has 1 atom stereocenters. The van der Waals surface area contributed by atoms with Gasteiger partial charge in [-0.25, -0.2) is 45.0 Å². The predicted molar refractivity (Wildman–Crippen MR) is 359 cm³/mol. The van der Waals surface area contributed by atoms with Gasteiger partial charge in [-0.1, -0.05) is 90.5 Å². The summed E-state index contributed by atoms with van der Waals surface area (Å²) in [5.74, 6) is -0.160. The van der Waals surface area contributed by atoms with Crippen molar-refractivity contribution >= 4 is 99.6 Å². The van der Waals surface area contributed by atoms with Crippen molar-refractivity contribution in [1.29, 1.82) is 0 Å². The monoisotopic (exact) mass is 1360 g/mol. The van der Waals surface area contributed by atoms with Crippen molar-refractivity contribution in [3.63, 3.8) is 0 Å². The number of aldehydes is 1. The summed E-state index contributed by atoms with van der Waals surface area (Å²) in [5.41, 5.74) is 7.50. The molecule has 2 amide bonds. The number of amides is 2. The fourth-order valence-electron chi connectivity index (χ4n) is 14.1. The number of aliphatic hydroxyl groups is 1. The maximum Gasteiger partial charge on any atom is 0.423 e. The normalized spacial score (nSPS) is 18.8. The molecule has 4 aromatic heterocycles. The zero-order valence-electron chi connectivity index (χ0n) is 54.5. The largest absolute Gasteiger partial charge is 0.443 e. The number of halogens is 1. The molecule has 2 fully saturated rings. The van der Waals surface area contributed by atoms with Crippen molar-refractivity contribution in [3.05, 3.63) is 57.2 Å². The van der Waals surface area contributed by atoms with E-state index in [1.54, 1.807) is 41.5 Å². The van der Waals surface area contributed by atoms with E-state index < -0.39 is 66.0 Å². The van der Waals surface area contributed by atoms with Gasteiger partial charge in [0.15, 0.2) is 16.5 Å². The Morgan fingerprint density at radius 3 is 1.31 bits per heavy atom. The number of pyridine rings is 2. The molecular formula is C63H109IN6O10S2Si2. The number of ether oxygens (including phenoxy) is 2. The zero-order valence-corrected chi connectivity index (χ0v) is 60.3. The Bertz CT molecular complexity index is 3010. The zero-order chi connectivity index (χ0) is 63.3. The molecule has 2 aliphatic rings. The van der Waals surface area contributed by atoms with E-state index in [9.17, 15) is 36.3 Å². The van der Waals surface area contributed by atoms with Crippen LogP contribution in [0.25, 0.3) is 22.1 Å². The number of nitrogens with zero attached hydrogens (tertiary/aromatic N) is 6. The molecule has 0 spiro atoms. The number of aryl methyl sites for hydroxylation is 2. The third-order valence-corrected chi connectivity index (χ3v) is 36.6. The van der Waals surface area contributed by atoms with Crippen LogP contribution in [0, 0.1) is 41.1 Å². The van der Waals surface area contributed by atoms with Crippen molar-refractivity contribution in [2.24, 2.45) is 23.7 Å². The minimum Gasteiger partial charge on any atom is -0.443 e. The molecule has 0 saturated heterocycles. The van der Waals surface area contributed by atoms with Gasteiger partial charge in [0, 0.05) is 46.7 Å². The van der Waals surface area contributed by atoms with Gasteiger partial charge in [0.25, 0.3) is 0 Å². The van der Waals surface area contributed by atoms with Gasteiger partial charge < -0.3 is 27.8 Å². The highest BCUT2D eigenvalue weighted by atomic mass is 127. The molecule has 0 aromatic carbocycles. The lowest BCUT2D eigenvalue weighted by molar-refractivity contribution is -0.112. The minimum absolute atomic E-state index is 0. The van der Waals surface area contributed by atoms with E-state index in [2.05, 4.69) is 146 Å². The van der Waals surface area contributed by atoms with Gasteiger partial charge >= 0.3 is 12.2 Å². The van der Waals surface area contributed by atoms with Crippen LogP contribution in [0.15, 0.2) is 36.9 Å². The minimum atomic E-state index is -3.80. The van der Waals surface area contributed by atoms with Crippen LogP contribution in [0.4, 0.5) is 9.59 Å². The van der Waals surface area contributed by atoms with E-state index >= 15 is 0 Å². The lowest BCUT2D eigenvalue weighted by Gasteiger charge is -2.44. The summed E-state index contributed by atoms with van der Waals surface area (Å²) in [7, 11) is -8.72. The van der Waals surface area contributed by atoms with Crippen molar-refractivity contribution in [2.45, 2.75) is 248 Å². The van der Waals surface area contributed by atoms with Gasteiger partial charge in [0.05, 0.1) is 17.6 Å². The molecule has 84 heavy (non-hydrogen) atoms. The summed E-state index contributed by atoms with van der Waals surface area (Å²) in [4.78, 5) is 44.6. The summed E-state index contributed by atoms with van der Waals surface area (Å²) in [6, 6.07) is 4.42. The molecule has 2 aliphatic carbocycles. The number of aliphatic hydroxyl groups excluding tert-OH is 1. The molecule has 4 aromatic rings. The number of carbonyl (C=O) groups is 3. The Kier molecular flexibility index (Phi) is 26.5. The molecule has 0 bridgehead atoms. The number of carbonyl (C=O) groups excluding carboxylic acids is 3. The molecule has 2 saturated carbocycles. The highest BCUT2D eigenvalue weighted by Gasteiger charge is 2.48. The molecule has 21 heteroatoms.